The SMILES string of the molecule is COc1cc(Cl)cc(OC(=O)c2ccc(NC(=O)C(C)C)cc2)c1. The van der Waals surface area contributed by atoms with Gasteiger partial charge in [-0.1, -0.05) is 25.4 Å². The van der Waals surface area contributed by atoms with E-state index in [0.29, 0.717) is 27.8 Å². The molecule has 2 rings (SSSR count). The molecule has 0 aliphatic rings. The topological polar surface area (TPSA) is 64.6 Å². The molecule has 1 amide bonds. The monoisotopic (exact) mass is 347 g/mol. The second kappa shape index (κ2) is 7.84. The number of benzene rings is 2. The van der Waals surface area contributed by atoms with Gasteiger partial charge >= 0.3 is 5.97 Å². The molecular weight excluding hydrogens is 330 g/mol. The third-order valence-corrected chi connectivity index (χ3v) is 3.42. The summed E-state index contributed by atoms with van der Waals surface area (Å²) in [6.45, 7) is 3.61. The molecule has 1 N–H and O–H groups in total. The van der Waals surface area contributed by atoms with Gasteiger partial charge in [0.25, 0.3) is 0 Å². The van der Waals surface area contributed by atoms with Crippen molar-refractivity contribution in [2.45, 2.75) is 13.8 Å². The number of anilines is 1. The zero-order valence-corrected chi connectivity index (χ0v) is 14.4. The number of nitrogens with one attached hydrogen (secondary N) is 1. The van der Waals surface area contributed by atoms with E-state index >= 15 is 0 Å². The summed E-state index contributed by atoms with van der Waals surface area (Å²) in [7, 11) is 1.50. The van der Waals surface area contributed by atoms with Gasteiger partial charge in [-0.15, -0.1) is 0 Å². The molecule has 24 heavy (non-hydrogen) atoms. The number of methoxy groups -OCH3 is 1. The fraction of sp³-hybridized carbons (Fsp3) is 0.222. The normalized spacial score (nSPS) is 10.4. The molecule has 6 heteroatoms. The van der Waals surface area contributed by atoms with Crippen molar-refractivity contribution in [3.05, 3.63) is 53.1 Å². The number of hydrogen-bond acceptors (Lipinski definition) is 4. The van der Waals surface area contributed by atoms with Crippen molar-refractivity contribution < 1.29 is 19.1 Å². The van der Waals surface area contributed by atoms with Crippen LogP contribution in [0.1, 0.15) is 24.2 Å². The molecule has 0 aliphatic carbocycles. The Morgan fingerprint density at radius 1 is 1.04 bits per heavy atom. The van der Waals surface area contributed by atoms with Crippen molar-refractivity contribution in [1.82, 2.24) is 0 Å². The maximum Gasteiger partial charge on any atom is 0.343 e. The second-order valence-electron chi connectivity index (χ2n) is 5.44. The summed E-state index contributed by atoms with van der Waals surface area (Å²) in [6, 6.07) is 11.2. The highest BCUT2D eigenvalue weighted by molar-refractivity contribution is 6.30. The van der Waals surface area contributed by atoms with Crippen LogP contribution in [0.5, 0.6) is 11.5 Å². The van der Waals surface area contributed by atoms with Crippen LogP contribution in [0.25, 0.3) is 0 Å². The van der Waals surface area contributed by atoms with E-state index in [9.17, 15) is 9.59 Å². The molecule has 0 unspecified atom stereocenters. The maximum absolute atomic E-state index is 12.2. The first-order valence-electron chi connectivity index (χ1n) is 7.36. The average molecular weight is 348 g/mol. The van der Waals surface area contributed by atoms with E-state index in [0.717, 1.165) is 0 Å². The number of carbonyl (C=O) groups excluding carboxylic acids is 2. The molecule has 5 nitrogen and oxygen atoms in total. The van der Waals surface area contributed by atoms with Gasteiger partial charge in [0.1, 0.15) is 11.5 Å². The summed E-state index contributed by atoms with van der Waals surface area (Å²) in [6.07, 6.45) is 0. The van der Waals surface area contributed by atoms with Crippen LogP contribution in [0.4, 0.5) is 5.69 Å². The largest absolute Gasteiger partial charge is 0.497 e. The molecule has 0 fully saturated rings. The fourth-order valence-electron chi connectivity index (χ4n) is 1.86. The smallest absolute Gasteiger partial charge is 0.343 e. The number of halogens is 1. The van der Waals surface area contributed by atoms with Crippen LogP contribution in [0.15, 0.2) is 42.5 Å². The molecule has 0 bridgehead atoms. The maximum atomic E-state index is 12.2. The minimum Gasteiger partial charge on any atom is -0.497 e. The Kier molecular flexibility index (Phi) is 5.82. The van der Waals surface area contributed by atoms with Gasteiger partial charge in [-0.25, -0.2) is 4.79 Å². The fourth-order valence-corrected chi connectivity index (χ4v) is 2.07. The Balaban J connectivity index is 2.07. The molecule has 0 saturated heterocycles. The van der Waals surface area contributed by atoms with Crippen molar-refractivity contribution >= 4 is 29.2 Å². The highest BCUT2D eigenvalue weighted by Gasteiger charge is 2.12. The van der Waals surface area contributed by atoms with Crippen LogP contribution in [0.2, 0.25) is 5.02 Å². The van der Waals surface area contributed by atoms with E-state index < -0.39 is 5.97 Å². The molecule has 0 spiro atoms. The number of hydrogen-bond donors (Lipinski definition) is 1. The zero-order valence-electron chi connectivity index (χ0n) is 13.6. The van der Waals surface area contributed by atoms with E-state index in [1.807, 2.05) is 0 Å². The van der Waals surface area contributed by atoms with Gasteiger partial charge in [-0.2, -0.15) is 0 Å². The van der Waals surface area contributed by atoms with Gasteiger partial charge in [-0.05, 0) is 36.4 Å². The van der Waals surface area contributed by atoms with Gasteiger partial charge in [0.15, 0.2) is 0 Å². The quantitative estimate of drug-likeness (QED) is 0.651. The first-order chi connectivity index (χ1) is 11.4. The molecule has 0 radical (unpaired) electrons. The lowest BCUT2D eigenvalue weighted by Gasteiger charge is -2.09. The number of esters is 1. The first-order valence-corrected chi connectivity index (χ1v) is 7.74. The number of amides is 1. The molecule has 126 valence electrons. The summed E-state index contributed by atoms with van der Waals surface area (Å²) in [5.74, 6) is 0.0587. The van der Waals surface area contributed by atoms with E-state index in [-0.39, 0.29) is 11.8 Å². The molecule has 0 atom stereocenters. The van der Waals surface area contributed by atoms with Gasteiger partial charge in [0.2, 0.25) is 5.91 Å². The predicted octanol–water partition coefficient (Wildman–Crippen LogP) is 4.16. The van der Waals surface area contributed by atoms with E-state index in [1.165, 1.54) is 13.2 Å². The second-order valence-corrected chi connectivity index (χ2v) is 5.87. The van der Waals surface area contributed by atoms with Crippen molar-refractivity contribution in [3.63, 3.8) is 0 Å². The summed E-state index contributed by atoms with van der Waals surface area (Å²) < 4.78 is 10.4. The van der Waals surface area contributed by atoms with Gasteiger partial charge in [0.05, 0.1) is 12.7 Å². The minimum absolute atomic E-state index is 0.0867. The lowest BCUT2D eigenvalue weighted by molar-refractivity contribution is -0.118. The number of carbonyl (C=O) groups is 2. The number of ether oxygens (including phenoxy) is 2. The molecule has 2 aromatic rings. The number of rotatable bonds is 5. The van der Waals surface area contributed by atoms with Gasteiger partial charge < -0.3 is 14.8 Å². The molecule has 0 heterocycles. The van der Waals surface area contributed by atoms with E-state index in [2.05, 4.69) is 5.32 Å². The highest BCUT2D eigenvalue weighted by atomic mass is 35.5. The lowest BCUT2D eigenvalue weighted by Crippen LogP contribution is -2.17. The lowest BCUT2D eigenvalue weighted by atomic mass is 10.1. The Bertz CT molecular complexity index is 741. The summed E-state index contributed by atoms with van der Waals surface area (Å²) in [5, 5.41) is 3.16. The third kappa shape index (κ3) is 4.73. The Morgan fingerprint density at radius 3 is 2.25 bits per heavy atom. The molecule has 0 aromatic heterocycles. The van der Waals surface area contributed by atoms with Crippen molar-refractivity contribution in [3.8, 4) is 11.5 Å². The van der Waals surface area contributed by atoms with Crippen molar-refractivity contribution in [2.24, 2.45) is 5.92 Å². The van der Waals surface area contributed by atoms with E-state index in [1.54, 1.807) is 50.2 Å². The molecule has 2 aromatic carbocycles. The minimum atomic E-state index is -0.527. The summed E-state index contributed by atoms with van der Waals surface area (Å²) in [5.41, 5.74) is 0.978. The average Bonchev–Trinajstić information content (AvgIpc) is 2.54. The molecular formula is C18H18ClNO4. The van der Waals surface area contributed by atoms with Gasteiger partial charge in [0, 0.05) is 22.7 Å². The van der Waals surface area contributed by atoms with Crippen LogP contribution in [-0.4, -0.2) is 19.0 Å². The summed E-state index contributed by atoms with van der Waals surface area (Å²) in [4.78, 5) is 23.8. The summed E-state index contributed by atoms with van der Waals surface area (Å²) >= 11 is 5.94. The van der Waals surface area contributed by atoms with Crippen molar-refractivity contribution in [2.75, 3.05) is 12.4 Å². The Labute approximate surface area is 145 Å². The van der Waals surface area contributed by atoms with Gasteiger partial charge in [-0.3, -0.25) is 4.79 Å². The third-order valence-electron chi connectivity index (χ3n) is 3.20. The predicted molar refractivity (Wildman–Crippen MR) is 92.9 cm³/mol. The Morgan fingerprint density at radius 2 is 1.67 bits per heavy atom. The molecule has 0 aliphatic heterocycles. The molecule has 0 saturated carbocycles. The Hall–Kier alpha value is -2.53. The van der Waals surface area contributed by atoms with Crippen LogP contribution >= 0.6 is 11.6 Å². The highest BCUT2D eigenvalue weighted by Crippen LogP contribution is 2.26. The van der Waals surface area contributed by atoms with Crippen LogP contribution in [-0.2, 0) is 4.79 Å². The zero-order chi connectivity index (χ0) is 17.7. The van der Waals surface area contributed by atoms with Crippen LogP contribution in [0, 0.1) is 5.92 Å². The van der Waals surface area contributed by atoms with E-state index in [4.69, 9.17) is 21.1 Å². The van der Waals surface area contributed by atoms with Crippen molar-refractivity contribution in [1.29, 1.82) is 0 Å². The van der Waals surface area contributed by atoms with Crippen LogP contribution in [0.3, 0.4) is 0 Å². The standard InChI is InChI=1S/C18H18ClNO4/c1-11(2)17(21)20-14-6-4-12(5-7-14)18(22)24-16-9-13(19)8-15(10-16)23-3/h4-11H,1-3H3,(H,20,21). The van der Waals surface area contributed by atoms with Crippen LogP contribution < -0.4 is 14.8 Å². The first kappa shape index (κ1) is 17.8.